The smallest absolute Gasteiger partial charge is 0.0992 e. The molecule has 0 unspecified atom stereocenters. The molecule has 0 atom stereocenters. The molecule has 0 aliphatic rings. The molecule has 2 heteroatoms. The number of rotatable bonds is 2. The Morgan fingerprint density at radius 3 is 2.83 bits per heavy atom. The van der Waals surface area contributed by atoms with E-state index < -0.39 is 0 Å². The van der Waals surface area contributed by atoms with Gasteiger partial charge < -0.3 is 5.32 Å². The van der Waals surface area contributed by atoms with E-state index in [1.807, 2.05) is 19.1 Å². The number of nitrogens with zero attached hydrogens (tertiary/aromatic N) is 1. The Morgan fingerprint density at radius 2 is 2.25 bits per heavy atom. The van der Waals surface area contributed by atoms with E-state index >= 15 is 0 Å². The van der Waals surface area contributed by atoms with Crippen molar-refractivity contribution in [2.75, 3.05) is 5.32 Å². The molecular formula is C10H10N2. The van der Waals surface area contributed by atoms with Gasteiger partial charge >= 0.3 is 0 Å². The van der Waals surface area contributed by atoms with Gasteiger partial charge in [0.25, 0.3) is 0 Å². The fraction of sp³-hybridized carbons (Fsp3) is 0.100. The first kappa shape index (κ1) is 8.35. The average molecular weight is 158 g/mol. The zero-order valence-electron chi connectivity index (χ0n) is 6.96. The topological polar surface area (TPSA) is 35.8 Å². The zero-order chi connectivity index (χ0) is 8.97. The van der Waals surface area contributed by atoms with Crippen molar-refractivity contribution in [1.29, 1.82) is 5.26 Å². The average Bonchev–Trinajstić information content (AvgIpc) is 2.04. The summed E-state index contributed by atoms with van der Waals surface area (Å²) in [6, 6.07) is 7.68. The molecule has 0 saturated carbocycles. The van der Waals surface area contributed by atoms with Gasteiger partial charge in [0.05, 0.1) is 11.6 Å². The van der Waals surface area contributed by atoms with Crippen LogP contribution in [-0.4, -0.2) is 0 Å². The molecule has 0 fully saturated rings. The fourth-order valence-electron chi connectivity index (χ4n) is 1.05. The molecule has 0 saturated heterocycles. The largest absolute Gasteiger partial charge is 0.362 e. The summed E-state index contributed by atoms with van der Waals surface area (Å²) in [7, 11) is 0. The van der Waals surface area contributed by atoms with Crippen molar-refractivity contribution in [1.82, 2.24) is 0 Å². The van der Waals surface area contributed by atoms with E-state index in [1.165, 1.54) is 0 Å². The lowest BCUT2D eigenvalue weighted by atomic mass is 10.1. The molecule has 0 aliphatic carbocycles. The Balaban J connectivity index is 3.07. The summed E-state index contributed by atoms with van der Waals surface area (Å²) >= 11 is 0. The van der Waals surface area contributed by atoms with Crippen LogP contribution < -0.4 is 5.32 Å². The van der Waals surface area contributed by atoms with Crippen LogP contribution in [0.1, 0.15) is 11.1 Å². The molecule has 0 aliphatic heterocycles. The number of benzene rings is 1. The molecule has 1 N–H and O–H groups in total. The van der Waals surface area contributed by atoms with E-state index in [4.69, 9.17) is 5.26 Å². The number of anilines is 1. The van der Waals surface area contributed by atoms with E-state index in [0.29, 0.717) is 5.56 Å². The second-order valence-electron chi connectivity index (χ2n) is 2.55. The van der Waals surface area contributed by atoms with Gasteiger partial charge in [-0.1, -0.05) is 6.58 Å². The Morgan fingerprint density at radius 1 is 1.50 bits per heavy atom. The molecular weight excluding hydrogens is 148 g/mol. The van der Waals surface area contributed by atoms with Crippen molar-refractivity contribution in [2.24, 2.45) is 0 Å². The molecule has 0 aromatic heterocycles. The molecule has 1 aromatic carbocycles. The standard InChI is InChI=1S/C10H10N2/c1-3-12-10-5-8(2)4-9(6-10)7-11/h3-6,12H,1H2,2H3. The van der Waals surface area contributed by atoms with Crippen LogP contribution in [0.3, 0.4) is 0 Å². The minimum Gasteiger partial charge on any atom is -0.362 e. The maximum absolute atomic E-state index is 8.65. The first-order valence-electron chi connectivity index (χ1n) is 3.65. The van der Waals surface area contributed by atoms with Gasteiger partial charge in [-0.3, -0.25) is 0 Å². The molecule has 0 radical (unpaired) electrons. The van der Waals surface area contributed by atoms with Crippen molar-refractivity contribution in [3.8, 4) is 6.07 Å². The molecule has 0 heterocycles. The molecule has 60 valence electrons. The first-order valence-corrected chi connectivity index (χ1v) is 3.65. The number of hydrogen-bond donors (Lipinski definition) is 1. The molecule has 12 heavy (non-hydrogen) atoms. The first-order chi connectivity index (χ1) is 5.76. The van der Waals surface area contributed by atoms with E-state index in [1.54, 1.807) is 12.3 Å². The van der Waals surface area contributed by atoms with E-state index in [-0.39, 0.29) is 0 Å². The van der Waals surface area contributed by atoms with E-state index in [0.717, 1.165) is 11.3 Å². The van der Waals surface area contributed by atoms with Gasteiger partial charge in [0.2, 0.25) is 0 Å². The Hall–Kier alpha value is -1.75. The maximum Gasteiger partial charge on any atom is 0.0992 e. The molecule has 0 amide bonds. The summed E-state index contributed by atoms with van der Waals surface area (Å²) in [6.45, 7) is 5.50. The van der Waals surface area contributed by atoms with Crippen LogP contribution in [-0.2, 0) is 0 Å². The van der Waals surface area contributed by atoms with Crippen LogP contribution in [0.25, 0.3) is 0 Å². The van der Waals surface area contributed by atoms with Gasteiger partial charge in [-0.2, -0.15) is 5.26 Å². The van der Waals surface area contributed by atoms with Gasteiger partial charge in [-0.05, 0) is 36.9 Å². The molecule has 0 spiro atoms. The zero-order valence-corrected chi connectivity index (χ0v) is 6.96. The van der Waals surface area contributed by atoms with Crippen molar-refractivity contribution in [3.63, 3.8) is 0 Å². The van der Waals surface area contributed by atoms with Gasteiger partial charge in [0.15, 0.2) is 0 Å². The third-order valence-corrected chi connectivity index (χ3v) is 1.48. The lowest BCUT2D eigenvalue weighted by Gasteiger charge is -2.01. The fourth-order valence-corrected chi connectivity index (χ4v) is 1.05. The number of aryl methyl sites for hydroxylation is 1. The van der Waals surface area contributed by atoms with Crippen molar-refractivity contribution >= 4 is 5.69 Å². The number of hydrogen-bond acceptors (Lipinski definition) is 2. The van der Waals surface area contributed by atoms with Crippen LogP contribution in [0.2, 0.25) is 0 Å². The van der Waals surface area contributed by atoms with Crippen molar-refractivity contribution in [2.45, 2.75) is 6.92 Å². The van der Waals surface area contributed by atoms with Crippen LogP contribution in [0.15, 0.2) is 31.0 Å². The SMILES string of the molecule is C=CNc1cc(C)cc(C#N)c1. The van der Waals surface area contributed by atoms with Crippen molar-refractivity contribution < 1.29 is 0 Å². The third-order valence-electron chi connectivity index (χ3n) is 1.48. The number of nitrogens with one attached hydrogen (secondary N) is 1. The highest BCUT2D eigenvalue weighted by molar-refractivity contribution is 5.53. The Kier molecular flexibility index (Phi) is 2.49. The quantitative estimate of drug-likeness (QED) is 0.717. The second kappa shape index (κ2) is 3.59. The van der Waals surface area contributed by atoms with Gasteiger partial charge in [-0.15, -0.1) is 0 Å². The van der Waals surface area contributed by atoms with Crippen molar-refractivity contribution in [3.05, 3.63) is 42.1 Å². The Bertz CT molecular complexity index is 334. The molecule has 1 aromatic rings. The predicted molar refractivity (Wildman–Crippen MR) is 49.7 cm³/mol. The van der Waals surface area contributed by atoms with Crippen LogP contribution in [0.4, 0.5) is 5.69 Å². The third kappa shape index (κ3) is 1.86. The minimum atomic E-state index is 0.666. The van der Waals surface area contributed by atoms with Gasteiger partial charge in [0, 0.05) is 5.69 Å². The van der Waals surface area contributed by atoms with E-state index in [9.17, 15) is 0 Å². The Labute approximate surface area is 72.1 Å². The van der Waals surface area contributed by atoms with Crippen LogP contribution in [0, 0.1) is 18.3 Å². The highest BCUT2D eigenvalue weighted by Crippen LogP contribution is 2.13. The highest BCUT2D eigenvalue weighted by atomic mass is 14.8. The van der Waals surface area contributed by atoms with Crippen LogP contribution in [0.5, 0.6) is 0 Å². The minimum absolute atomic E-state index is 0.666. The predicted octanol–water partition coefficient (Wildman–Crippen LogP) is 2.42. The van der Waals surface area contributed by atoms with E-state index in [2.05, 4.69) is 18.0 Å². The second-order valence-corrected chi connectivity index (χ2v) is 2.55. The summed E-state index contributed by atoms with van der Waals surface area (Å²) in [4.78, 5) is 0. The summed E-state index contributed by atoms with van der Waals surface area (Å²) in [6.07, 6.45) is 1.59. The molecule has 2 nitrogen and oxygen atoms in total. The summed E-state index contributed by atoms with van der Waals surface area (Å²) in [5.74, 6) is 0. The van der Waals surface area contributed by atoms with Gasteiger partial charge in [0.1, 0.15) is 0 Å². The lowest BCUT2D eigenvalue weighted by molar-refractivity contribution is 1.41. The lowest BCUT2D eigenvalue weighted by Crippen LogP contribution is -1.88. The summed E-state index contributed by atoms with van der Waals surface area (Å²) in [5, 5.41) is 11.6. The molecule has 1 rings (SSSR count). The van der Waals surface area contributed by atoms with Gasteiger partial charge in [-0.25, -0.2) is 0 Å². The summed E-state index contributed by atoms with van der Waals surface area (Å²) in [5.41, 5.74) is 2.64. The summed E-state index contributed by atoms with van der Waals surface area (Å²) < 4.78 is 0. The monoisotopic (exact) mass is 158 g/mol. The van der Waals surface area contributed by atoms with Crippen LogP contribution >= 0.6 is 0 Å². The molecule has 0 bridgehead atoms. The normalized spacial score (nSPS) is 8.67. The maximum atomic E-state index is 8.65. The number of nitriles is 1. The highest BCUT2D eigenvalue weighted by Gasteiger charge is 1.94.